The van der Waals surface area contributed by atoms with Gasteiger partial charge in [0.1, 0.15) is 5.01 Å². The summed E-state index contributed by atoms with van der Waals surface area (Å²) >= 11 is 1.27. The van der Waals surface area contributed by atoms with Crippen molar-refractivity contribution in [1.82, 2.24) is 14.8 Å². The normalized spacial score (nSPS) is 15.3. The molecule has 2 aromatic carbocycles. The molecule has 8 nitrogen and oxygen atoms in total. The minimum absolute atomic E-state index is 0.0606. The van der Waals surface area contributed by atoms with Crippen molar-refractivity contribution in [2.45, 2.75) is 40.2 Å². The molecule has 1 aromatic heterocycles. The predicted molar refractivity (Wildman–Crippen MR) is 157 cm³/mol. The van der Waals surface area contributed by atoms with Gasteiger partial charge in [-0.1, -0.05) is 50.2 Å². The molecular formula is C31H37N3O5S. The standard InChI is InChI=1S/C31H37N3O5S/c1-6-33(7-2)17-12-18-34-26(22-15-16-23(39-8-3)24(19-22)38-5)25(28(36)31(34)37)27(35)29-20(4)32-30(40-29)21-13-10-9-11-14-21/h9-11,13-16,19,26,36H,6-8,12,17-18H2,1-5H3. The Bertz CT molecular complexity index is 1380. The highest BCUT2D eigenvalue weighted by Crippen LogP contribution is 2.43. The number of aryl methyl sites for hydroxylation is 1. The summed E-state index contributed by atoms with van der Waals surface area (Å²) in [5, 5.41) is 11.9. The van der Waals surface area contributed by atoms with Crippen molar-refractivity contribution in [2.75, 3.05) is 39.9 Å². The molecule has 3 aromatic rings. The van der Waals surface area contributed by atoms with Crippen LogP contribution in [-0.2, 0) is 4.79 Å². The third kappa shape index (κ3) is 5.90. The van der Waals surface area contributed by atoms with Crippen LogP contribution in [0.1, 0.15) is 54.2 Å². The first-order chi connectivity index (χ1) is 19.3. The molecule has 9 heteroatoms. The number of nitrogens with zero attached hydrogens (tertiary/aromatic N) is 3. The van der Waals surface area contributed by atoms with Crippen LogP contribution in [0.15, 0.2) is 59.9 Å². The molecule has 0 saturated carbocycles. The first-order valence-corrected chi connectivity index (χ1v) is 14.5. The Balaban J connectivity index is 1.75. The number of ketones is 1. The van der Waals surface area contributed by atoms with Crippen LogP contribution < -0.4 is 9.47 Å². The summed E-state index contributed by atoms with van der Waals surface area (Å²) in [7, 11) is 1.55. The molecule has 212 valence electrons. The van der Waals surface area contributed by atoms with Crippen LogP contribution in [0.2, 0.25) is 0 Å². The summed E-state index contributed by atoms with van der Waals surface area (Å²) in [6.07, 6.45) is 0.699. The van der Waals surface area contributed by atoms with E-state index >= 15 is 0 Å². The Morgan fingerprint density at radius 2 is 1.82 bits per heavy atom. The van der Waals surface area contributed by atoms with E-state index < -0.39 is 23.5 Å². The van der Waals surface area contributed by atoms with Crippen LogP contribution >= 0.6 is 11.3 Å². The predicted octanol–water partition coefficient (Wildman–Crippen LogP) is 5.84. The molecular weight excluding hydrogens is 526 g/mol. The first-order valence-electron chi connectivity index (χ1n) is 13.7. The van der Waals surface area contributed by atoms with Gasteiger partial charge in [0, 0.05) is 12.1 Å². The second-order valence-corrected chi connectivity index (χ2v) is 10.5. The molecule has 1 aliphatic rings. The Labute approximate surface area is 239 Å². The molecule has 1 amide bonds. The van der Waals surface area contributed by atoms with Gasteiger partial charge in [-0.3, -0.25) is 9.59 Å². The zero-order valence-corrected chi connectivity index (χ0v) is 24.6. The number of benzene rings is 2. The number of ether oxygens (including phenoxy) is 2. The van der Waals surface area contributed by atoms with Crippen molar-refractivity contribution in [3.63, 3.8) is 0 Å². The highest BCUT2D eigenvalue weighted by molar-refractivity contribution is 7.17. The van der Waals surface area contributed by atoms with E-state index in [1.54, 1.807) is 31.1 Å². The summed E-state index contributed by atoms with van der Waals surface area (Å²) in [5.74, 6) is -0.399. The number of thiazole rings is 1. The monoisotopic (exact) mass is 563 g/mol. The molecule has 0 aliphatic carbocycles. The maximum absolute atomic E-state index is 14.1. The maximum Gasteiger partial charge on any atom is 0.290 e. The van der Waals surface area contributed by atoms with E-state index in [2.05, 4.69) is 23.7 Å². The van der Waals surface area contributed by atoms with E-state index in [0.717, 1.165) is 25.2 Å². The van der Waals surface area contributed by atoms with Crippen molar-refractivity contribution >= 4 is 23.0 Å². The molecule has 4 rings (SSSR count). The van der Waals surface area contributed by atoms with E-state index in [1.165, 1.54) is 11.3 Å². The number of aliphatic hydroxyl groups excluding tert-OH is 1. The van der Waals surface area contributed by atoms with Gasteiger partial charge in [0.15, 0.2) is 17.3 Å². The smallest absolute Gasteiger partial charge is 0.290 e. The molecule has 40 heavy (non-hydrogen) atoms. The molecule has 0 spiro atoms. The summed E-state index contributed by atoms with van der Waals surface area (Å²) in [6, 6.07) is 14.2. The topological polar surface area (TPSA) is 92.2 Å². The molecule has 1 atom stereocenters. The van der Waals surface area contributed by atoms with Crippen LogP contribution in [0, 0.1) is 6.92 Å². The van der Waals surface area contributed by atoms with Gasteiger partial charge in [-0.05, 0) is 57.6 Å². The van der Waals surface area contributed by atoms with Gasteiger partial charge in [-0.25, -0.2) is 4.98 Å². The fraction of sp³-hybridized carbons (Fsp3) is 0.387. The van der Waals surface area contributed by atoms with Gasteiger partial charge in [-0.15, -0.1) is 11.3 Å². The zero-order valence-electron chi connectivity index (χ0n) is 23.8. The van der Waals surface area contributed by atoms with Crippen LogP contribution in [-0.4, -0.2) is 71.5 Å². The van der Waals surface area contributed by atoms with Gasteiger partial charge in [0.2, 0.25) is 5.78 Å². The van der Waals surface area contributed by atoms with Crippen molar-refractivity contribution in [3.8, 4) is 22.1 Å². The number of rotatable bonds is 13. The summed E-state index contributed by atoms with van der Waals surface area (Å²) in [6.45, 7) is 11.3. The van der Waals surface area contributed by atoms with E-state index in [4.69, 9.17) is 9.47 Å². The third-order valence-electron chi connectivity index (χ3n) is 7.14. The van der Waals surface area contributed by atoms with E-state index in [1.807, 2.05) is 43.3 Å². The molecule has 2 heterocycles. The summed E-state index contributed by atoms with van der Waals surface area (Å²) in [5.41, 5.74) is 2.19. The van der Waals surface area contributed by atoms with Crippen molar-refractivity contribution in [2.24, 2.45) is 0 Å². The summed E-state index contributed by atoms with van der Waals surface area (Å²) in [4.78, 5) is 36.5. The van der Waals surface area contributed by atoms with Gasteiger partial charge < -0.3 is 24.4 Å². The zero-order chi connectivity index (χ0) is 28.8. The van der Waals surface area contributed by atoms with E-state index in [-0.39, 0.29) is 5.57 Å². The van der Waals surface area contributed by atoms with Crippen molar-refractivity contribution in [3.05, 3.63) is 76.0 Å². The second-order valence-electron chi connectivity index (χ2n) is 9.52. The van der Waals surface area contributed by atoms with Crippen LogP contribution in [0.3, 0.4) is 0 Å². The largest absolute Gasteiger partial charge is 0.503 e. The quantitative estimate of drug-likeness (QED) is 0.261. The second kappa shape index (κ2) is 13.1. The summed E-state index contributed by atoms with van der Waals surface area (Å²) < 4.78 is 11.3. The number of hydrogen-bond acceptors (Lipinski definition) is 8. The SMILES string of the molecule is CCOc1ccc(C2C(C(=O)c3sc(-c4ccccc4)nc3C)=C(O)C(=O)N2CCCN(CC)CC)cc1OC. The number of amides is 1. The highest BCUT2D eigenvalue weighted by Gasteiger charge is 2.44. The minimum Gasteiger partial charge on any atom is -0.503 e. The lowest BCUT2D eigenvalue weighted by atomic mass is 9.94. The Hall–Kier alpha value is -3.69. The lowest BCUT2D eigenvalue weighted by Crippen LogP contribution is -2.34. The number of aromatic nitrogens is 1. The van der Waals surface area contributed by atoms with E-state index in [9.17, 15) is 14.7 Å². The van der Waals surface area contributed by atoms with Crippen LogP contribution in [0.4, 0.5) is 0 Å². The highest BCUT2D eigenvalue weighted by atomic mass is 32.1. The number of carbonyl (C=O) groups is 2. The number of aliphatic hydroxyl groups is 1. The average Bonchev–Trinajstić information content (AvgIpc) is 3.48. The molecule has 1 unspecified atom stereocenters. The fourth-order valence-corrected chi connectivity index (χ4v) is 6.06. The maximum atomic E-state index is 14.1. The molecule has 0 radical (unpaired) electrons. The Morgan fingerprint density at radius 1 is 1.10 bits per heavy atom. The van der Waals surface area contributed by atoms with Crippen LogP contribution in [0.25, 0.3) is 10.6 Å². The fourth-order valence-electron chi connectivity index (χ4n) is 5.03. The van der Waals surface area contributed by atoms with Gasteiger partial charge in [-0.2, -0.15) is 0 Å². The molecule has 0 bridgehead atoms. The van der Waals surface area contributed by atoms with E-state index in [0.29, 0.717) is 52.2 Å². The molecule has 0 fully saturated rings. The molecule has 1 aliphatic heterocycles. The third-order valence-corrected chi connectivity index (χ3v) is 8.35. The Kier molecular flexibility index (Phi) is 9.60. The number of hydrogen-bond donors (Lipinski definition) is 1. The number of Topliss-reactive ketones (excluding diaryl/α,β-unsaturated/α-hetero) is 1. The van der Waals surface area contributed by atoms with Gasteiger partial charge in [0.25, 0.3) is 5.91 Å². The average molecular weight is 564 g/mol. The molecule has 1 N–H and O–H groups in total. The Morgan fingerprint density at radius 3 is 2.48 bits per heavy atom. The van der Waals surface area contributed by atoms with Crippen molar-refractivity contribution < 1.29 is 24.2 Å². The van der Waals surface area contributed by atoms with Crippen LogP contribution in [0.5, 0.6) is 11.5 Å². The number of methoxy groups -OCH3 is 1. The van der Waals surface area contributed by atoms with Crippen molar-refractivity contribution in [1.29, 1.82) is 0 Å². The van der Waals surface area contributed by atoms with Gasteiger partial charge >= 0.3 is 0 Å². The molecule has 0 saturated heterocycles. The lowest BCUT2D eigenvalue weighted by molar-refractivity contribution is -0.129. The first kappa shape index (κ1) is 29.3. The number of carbonyl (C=O) groups excluding carboxylic acids is 2. The minimum atomic E-state index is -0.775. The van der Waals surface area contributed by atoms with Gasteiger partial charge in [0.05, 0.1) is 35.9 Å². The lowest BCUT2D eigenvalue weighted by Gasteiger charge is -2.28.